The highest BCUT2D eigenvalue weighted by atomic mass is 32.2. The maximum Gasteiger partial charge on any atom is 0.172 e. The predicted octanol–water partition coefficient (Wildman–Crippen LogP) is 3.33. The smallest absolute Gasteiger partial charge is 0.172 e. The fourth-order valence-corrected chi connectivity index (χ4v) is 4.83. The molecule has 0 spiro atoms. The van der Waals surface area contributed by atoms with E-state index < -0.39 is 27.2 Å². The number of thiol groups is 1. The van der Waals surface area contributed by atoms with Gasteiger partial charge in [-0.05, 0) is 39.8 Å². The first-order valence-electron chi connectivity index (χ1n) is 12.0. The molecular formula is C24H33F2N5O3S. The number of nitrogens with zero attached hydrogens (tertiary/aromatic N) is 4. The molecule has 4 rings (SSSR count). The fourth-order valence-electron chi connectivity index (χ4n) is 4.43. The quantitative estimate of drug-likeness (QED) is 0.550. The molecule has 35 heavy (non-hydrogen) atoms. The monoisotopic (exact) mass is 509 g/mol. The van der Waals surface area contributed by atoms with Gasteiger partial charge in [0, 0.05) is 57.5 Å². The van der Waals surface area contributed by atoms with Gasteiger partial charge in [-0.1, -0.05) is 0 Å². The van der Waals surface area contributed by atoms with Gasteiger partial charge in [-0.3, -0.25) is 4.90 Å². The Morgan fingerprint density at radius 3 is 2.46 bits per heavy atom. The van der Waals surface area contributed by atoms with Crippen LogP contribution in [0.1, 0.15) is 51.9 Å². The molecule has 1 N–H and O–H groups in total. The number of hydrogen-bond donors (Lipinski definition) is 2. The standard InChI is InChI=1S/C24H33F2N5O3S/c1-15(2)27-22-23(29-19-9-12-31(14-20(19)28-22)24(3,4)35(32)33)30-10-7-17(8-11-30)34-21-6-5-16(25)13-18(21)26/h5-6,13,15,17,35H,7-12,14H2,1-4H3,(H,27,28). The van der Waals surface area contributed by atoms with E-state index >= 15 is 0 Å². The lowest BCUT2D eigenvalue weighted by molar-refractivity contribution is 0.162. The van der Waals surface area contributed by atoms with Crippen molar-refractivity contribution in [3.8, 4) is 5.75 Å². The molecule has 0 amide bonds. The Bertz CT molecular complexity index is 1140. The topological polar surface area (TPSA) is 87.7 Å². The minimum Gasteiger partial charge on any atom is -0.487 e. The maximum atomic E-state index is 14.0. The second-order valence-corrected chi connectivity index (χ2v) is 11.5. The van der Waals surface area contributed by atoms with Crippen LogP contribution in [-0.2, 0) is 23.7 Å². The first kappa shape index (κ1) is 25.6. The van der Waals surface area contributed by atoms with Crippen LogP contribution in [0.3, 0.4) is 0 Å². The third kappa shape index (κ3) is 5.66. The summed E-state index contributed by atoms with van der Waals surface area (Å²) in [4.78, 5) is 13.0. The van der Waals surface area contributed by atoms with E-state index in [1.54, 1.807) is 13.8 Å². The molecule has 2 aliphatic rings. The number of anilines is 2. The van der Waals surface area contributed by atoms with Crippen molar-refractivity contribution in [3.05, 3.63) is 41.2 Å². The number of piperidine rings is 1. The summed E-state index contributed by atoms with van der Waals surface area (Å²) in [6.07, 6.45) is 1.76. The van der Waals surface area contributed by atoms with Gasteiger partial charge >= 0.3 is 0 Å². The van der Waals surface area contributed by atoms with Crippen LogP contribution in [0.2, 0.25) is 0 Å². The molecule has 1 saturated heterocycles. The van der Waals surface area contributed by atoms with Crippen LogP contribution in [0, 0.1) is 11.6 Å². The number of aromatic nitrogens is 2. The summed E-state index contributed by atoms with van der Waals surface area (Å²) in [5, 5.41) is 3.39. The number of fused-ring (bicyclic) bond motifs is 1. The van der Waals surface area contributed by atoms with Gasteiger partial charge < -0.3 is 15.0 Å². The SMILES string of the molecule is CC(C)Nc1nc2c(nc1N1CCC(Oc3ccc(F)cc3F)CC1)CCN(C(C)(C)[SH](=O)=O)C2. The molecule has 1 aromatic heterocycles. The van der Waals surface area contributed by atoms with Gasteiger partial charge in [0.25, 0.3) is 0 Å². The predicted molar refractivity (Wildman–Crippen MR) is 132 cm³/mol. The van der Waals surface area contributed by atoms with Crippen LogP contribution in [0.15, 0.2) is 18.2 Å². The Labute approximate surface area is 206 Å². The Kier molecular flexibility index (Phi) is 7.46. The Balaban J connectivity index is 1.51. The highest BCUT2D eigenvalue weighted by Crippen LogP contribution is 2.32. The zero-order valence-corrected chi connectivity index (χ0v) is 21.4. The van der Waals surface area contributed by atoms with Gasteiger partial charge in [-0.15, -0.1) is 0 Å². The van der Waals surface area contributed by atoms with Crippen molar-refractivity contribution in [3.63, 3.8) is 0 Å². The number of nitrogens with one attached hydrogen (secondary N) is 1. The van der Waals surface area contributed by atoms with E-state index in [-0.39, 0.29) is 17.9 Å². The minimum absolute atomic E-state index is 0.0629. The lowest BCUT2D eigenvalue weighted by atomic mass is 10.1. The maximum absolute atomic E-state index is 14.0. The largest absolute Gasteiger partial charge is 0.487 e. The van der Waals surface area contributed by atoms with Crippen molar-refractivity contribution in [1.82, 2.24) is 14.9 Å². The summed E-state index contributed by atoms with van der Waals surface area (Å²) in [7, 11) is -2.62. The van der Waals surface area contributed by atoms with E-state index in [1.807, 2.05) is 18.7 Å². The van der Waals surface area contributed by atoms with Crippen LogP contribution < -0.4 is 15.0 Å². The van der Waals surface area contributed by atoms with E-state index in [9.17, 15) is 17.2 Å². The molecule has 2 aromatic rings. The van der Waals surface area contributed by atoms with Crippen LogP contribution >= 0.6 is 0 Å². The highest BCUT2D eigenvalue weighted by molar-refractivity contribution is 7.73. The normalized spacial score (nSPS) is 17.7. The van der Waals surface area contributed by atoms with Crippen LogP contribution in [-0.4, -0.2) is 59.9 Å². The zero-order chi connectivity index (χ0) is 25.3. The molecule has 3 heterocycles. The van der Waals surface area contributed by atoms with E-state index in [1.165, 1.54) is 12.1 Å². The number of hydrogen-bond acceptors (Lipinski definition) is 8. The minimum atomic E-state index is -2.62. The van der Waals surface area contributed by atoms with Gasteiger partial charge in [0.15, 0.2) is 33.9 Å². The Morgan fingerprint density at radius 2 is 1.83 bits per heavy atom. The molecule has 0 unspecified atom stereocenters. The Hall–Kier alpha value is -2.53. The molecule has 0 atom stereocenters. The summed E-state index contributed by atoms with van der Waals surface area (Å²) in [6, 6.07) is 3.48. The number of halogens is 2. The molecule has 1 fully saturated rings. The summed E-state index contributed by atoms with van der Waals surface area (Å²) >= 11 is 0. The Morgan fingerprint density at radius 1 is 1.11 bits per heavy atom. The second kappa shape index (κ2) is 10.2. The van der Waals surface area contributed by atoms with E-state index in [0.717, 1.165) is 23.3 Å². The van der Waals surface area contributed by atoms with Crippen LogP contribution in [0.5, 0.6) is 5.75 Å². The first-order chi connectivity index (χ1) is 16.5. The van der Waals surface area contributed by atoms with Crippen molar-refractivity contribution in [2.24, 2.45) is 0 Å². The van der Waals surface area contributed by atoms with E-state index in [0.29, 0.717) is 51.3 Å². The molecule has 1 aromatic carbocycles. The van der Waals surface area contributed by atoms with Gasteiger partial charge in [0.05, 0.1) is 11.4 Å². The highest BCUT2D eigenvalue weighted by Gasteiger charge is 2.35. The van der Waals surface area contributed by atoms with Crippen molar-refractivity contribution in [2.75, 3.05) is 29.9 Å². The van der Waals surface area contributed by atoms with Crippen molar-refractivity contribution in [2.45, 2.75) is 70.5 Å². The second-order valence-electron chi connectivity index (χ2n) is 9.89. The lowest BCUT2D eigenvalue weighted by Crippen LogP contribution is -2.48. The van der Waals surface area contributed by atoms with E-state index in [4.69, 9.17) is 14.7 Å². The first-order valence-corrected chi connectivity index (χ1v) is 13.1. The van der Waals surface area contributed by atoms with Gasteiger partial charge in [0.2, 0.25) is 0 Å². The summed E-state index contributed by atoms with van der Waals surface area (Å²) in [5.41, 5.74) is 1.67. The molecule has 0 radical (unpaired) electrons. The van der Waals surface area contributed by atoms with Gasteiger partial charge in [-0.2, -0.15) is 0 Å². The lowest BCUT2D eigenvalue weighted by Gasteiger charge is -2.38. The van der Waals surface area contributed by atoms with E-state index in [2.05, 4.69) is 10.2 Å². The summed E-state index contributed by atoms with van der Waals surface area (Å²) in [5.74, 6) is 0.178. The molecule has 0 bridgehead atoms. The van der Waals surface area contributed by atoms with Gasteiger partial charge in [-0.25, -0.2) is 27.2 Å². The van der Waals surface area contributed by atoms with Crippen LogP contribution in [0.4, 0.5) is 20.4 Å². The number of rotatable bonds is 7. The number of ether oxygens (including phenoxy) is 1. The molecular weight excluding hydrogens is 476 g/mol. The molecule has 0 aliphatic carbocycles. The van der Waals surface area contributed by atoms with Crippen molar-refractivity contribution < 1.29 is 21.9 Å². The van der Waals surface area contributed by atoms with Crippen molar-refractivity contribution >= 4 is 22.3 Å². The third-order valence-electron chi connectivity index (χ3n) is 6.57. The third-order valence-corrected chi connectivity index (χ3v) is 7.74. The zero-order valence-electron chi connectivity index (χ0n) is 20.6. The molecule has 2 aliphatic heterocycles. The summed E-state index contributed by atoms with van der Waals surface area (Å²) in [6.45, 7) is 9.80. The van der Waals surface area contributed by atoms with Crippen molar-refractivity contribution in [1.29, 1.82) is 0 Å². The summed E-state index contributed by atoms with van der Waals surface area (Å²) < 4.78 is 56.5. The van der Waals surface area contributed by atoms with Gasteiger partial charge in [0.1, 0.15) is 16.8 Å². The van der Waals surface area contributed by atoms with Crippen LogP contribution in [0.25, 0.3) is 0 Å². The molecule has 8 nitrogen and oxygen atoms in total. The molecule has 192 valence electrons. The molecule has 11 heteroatoms. The average Bonchev–Trinajstić information content (AvgIpc) is 2.80. The molecule has 0 saturated carbocycles. The fraction of sp³-hybridized carbons (Fsp3) is 0.583. The number of benzene rings is 1. The average molecular weight is 510 g/mol.